The van der Waals surface area contributed by atoms with E-state index in [1.165, 1.54) is 11.8 Å². The number of aliphatic hydroxyl groups is 1. The molecule has 4 aromatic heterocycles. The average Bonchev–Trinajstić information content (AvgIpc) is 3.35. The Hall–Kier alpha value is -3.11. The predicted molar refractivity (Wildman–Crippen MR) is 108 cm³/mol. The summed E-state index contributed by atoms with van der Waals surface area (Å²) in [6, 6.07) is 7.57. The molecular formula is C18H18N8OS. The maximum absolute atomic E-state index is 9.05. The van der Waals surface area contributed by atoms with Crippen molar-refractivity contribution in [1.29, 1.82) is 0 Å². The summed E-state index contributed by atoms with van der Waals surface area (Å²) in [6.07, 6.45) is 5.54. The van der Waals surface area contributed by atoms with Gasteiger partial charge in [-0.25, -0.2) is 14.6 Å². The van der Waals surface area contributed by atoms with Crippen LogP contribution in [0.1, 0.15) is 5.69 Å². The Kier molecular flexibility index (Phi) is 5.13. The van der Waals surface area contributed by atoms with Gasteiger partial charge in [0.15, 0.2) is 5.65 Å². The number of hydrogen-bond donors (Lipinski definition) is 1. The Morgan fingerprint density at radius 3 is 2.89 bits per heavy atom. The van der Waals surface area contributed by atoms with Crippen LogP contribution in [0.25, 0.3) is 22.4 Å². The first-order valence-electron chi connectivity index (χ1n) is 8.56. The van der Waals surface area contributed by atoms with E-state index in [1.807, 2.05) is 36.7 Å². The van der Waals surface area contributed by atoms with Gasteiger partial charge in [0.05, 0.1) is 43.0 Å². The number of hydrogen-bond acceptors (Lipinski definition) is 8. The average molecular weight is 394 g/mol. The van der Waals surface area contributed by atoms with Crippen LogP contribution in [0.3, 0.4) is 0 Å². The monoisotopic (exact) mass is 394 g/mol. The standard InChI is InChI=1S/C18H18N8OS/c1-19-16-4-3-13(21-18(16)28-2)11-26-17-15(23-24-26)6-5-14(22-17)12-9-20-25(10-12)7-8-27/h3-6,9-10,27H,1,7-8,11H2,2H3. The van der Waals surface area contributed by atoms with Gasteiger partial charge < -0.3 is 5.11 Å². The number of rotatable bonds is 7. The van der Waals surface area contributed by atoms with E-state index in [0.29, 0.717) is 24.3 Å². The summed E-state index contributed by atoms with van der Waals surface area (Å²) in [5.41, 5.74) is 4.62. The highest BCUT2D eigenvalue weighted by Gasteiger charge is 2.12. The third-order valence-corrected chi connectivity index (χ3v) is 4.88. The summed E-state index contributed by atoms with van der Waals surface area (Å²) in [7, 11) is 0. The first kappa shape index (κ1) is 18.3. The first-order chi connectivity index (χ1) is 13.7. The van der Waals surface area contributed by atoms with Gasteiger partial charge in [-0.15, -0.1) is 16.9 Å². The Morgan fingerprint density at radius 1 is 1.21 bits per heavy atom. The van der Waals surface area contributed by atoms with E-state index in [9.17, 15) is 0 Å². The van der Waals surface area contributed by atoms with Crippen LogP contribution in [0.15, 0.2) is 46.7 Å². The summed E-state index contributed by atoms with van der Waals surface area (Å²) < 4.78 is 3.41. The molecule has 0 bridgehead atoms. The smallest absolute Gasteiger partial charge is 0.179 e. The number of aromatic nitrogens is 7. The lowest BCUT2D eigenvalue weighted by Gasteiger charge is -2.06. The molecule has 28 heavy (non-hydrogen) atoms. The van der Waals surface area contributed by atoms with Crippen LogP contribution in [0.5, 0.6) is 0 Å². The molecule has 0 unspecified atom stereocenters. The molecule has 0 spiro atoms. The molecule has 0 aliphatic rings. The molecule has 142 valence electrons. The van der Waals surface area contributed by atoms with Crippen molar-refractivity contribution in [3.63, 3.8) is 0 Å². The van der Waals surface area contributed by atoms with Gasteiger partial charge in [-0.2, -0.15) is 5.10 Å². The van der Waals surface area contributed by atoms with E-state index in [1.54, 1.807) is 15.6 Å². The van der Waals surface area contributed by atoms with Crippen molar-refractivity contribution in [2.75, 3.05) is 12.9 Å². The lowest BCUT2D eigenvalue weighted by atomic mass is 10.2. The molecule has 0 saturated heterocycles. The van der Waals surface area contributed by atoms with E-state index >= 15 is 0 Å². The Bertz CT molecular complexity index is 1140. The van der Waals surface area contributed by atoms with Crippen LogP contribution >= 0.6 is 11.8 Å². The lowest BCUT2D eigenvalue weighted by Crippen LogP contribution is -2.05. The van der Waals surface area contributed by atoms with E-state index in [4.69, 9.17) is 10.1 Å². The summed E-state index contributed by atoms with van der Waals surface area (Å²) in [6.45, 7) is 4.50. The molecule has 0 atom stereocenters. The van der Waals surface area contributed by atoms with E-state index < -0.39 is 0 Å². The molecule has 0 amide bonds. The third-order valence-electron chi connectivity index (χ3n) is 4.19. The molecule has 9 nitrogen and oxygen atoms in total. The van der Waals surface area contributed by atoms with Gasteiger partial charge >= 0.3 is 0 Å². The molecule has 4 rings (SSSR count). The van der Waals surface area contributed by atoms with Crippen LogP contribution in [0.2, 0.25) is 0 Å². The van der Waals surface area contributed by atoms with Gasteiger partial charge in [0.2, 0.25) is 0 Å². The highest BCUT2D eigenvalue weighted by Crippen LogP contribution is 2.26. The van der Waals surface area contributed by atoms with E-state index in [-0.39, 0.29) is 6.61 Å². The van der Waals surface area contributed by atoms with Crippen LogP contribution in [-0.4, -0.2) is 59.4 Å². The highest BCUT2D eigenvalue weighted by atomic mass is 32.2. The second-order valence-electron chi connectivity index (χ2n) is 5.99. The van der Waals surface area contributed by atoms with Gasteiger partial charge in [0.1, 0.15) is 10.5 Å². The fraction of sp³-hybridized carbons (Fsp3) is 0.222. The number of fused-ring (bicyclic) bond motifs is 1. The quantitative estimate of drug-likeness (QED) is 0.378. The SMILES string of the molecule is C=Nc1ccc(Cn2nnc3ccc(-c4cnn(CCO)c4)nc32)nc1SC. The largest absolute Gasteiger partial charge is 0.394 e. The fourth-order valence-electron chi connectivity index (χ4n) is 2.82. The van der Waals surface area contributed by atoms with Gasteiger partial charge in [-0.3, -0.25) is 9.67 Å². The molecule has 0 fully saturated rings. The van der Waals surface area contributed by atoms with Crippen molar-refractivity contribution in [1.82, 2.24) is 34.7 Å². The minimum Gasteiger partial charge on any atom is -0.394 e. The van der Waals surface area contributed by atoms with Crippen molar-refractivity contribution >= 4 is 35.3 Å². The van der Waals surface area contributed by atoms with Gasteiger partial charge in [-0.05, 0) is 37.2 Å². The topological polar surface area (TPSA) is 107 Å². The lowest BCUT2D eigenvalue weighted by molar-refractivity contribution is 0.269. The number of thioether (sulfide) groups is 1. The Balaban J connectivity index is 1.67. The van der Waals surface area contributed by atoms with Crippen LogP contribution in [0.4, 0.5) is 5.69 Å². The molecular weight excluding hydrogens is 376 g/mol. The van der Waals surface area contributed by atoms with Gasteiger partial charge in [0.25, 0.3) is 0 Å². The van der Waals surface area contributed by atoms with Crippen LogP contribution < -0.4 is 0 Å². The molecule has 0 radical (unpaired) electrons. The maximum Gasteiger partial charge on any atom is 0.179 e. The third kappa shape index (κ3) is 3.51. The molecule has 10 heteroatoms. The van der Waals surface area contributed by atoms with Crippen molar-refractivity contribution < 1.29 is 5.11 Å². The number of aliphatic imine (C=N–C) groups is 1. The van der Waals surface area contributed by atoms with E-state index in [0.717, 1.165) is 27.7 Å². The second kappa shape index (κ2) is 7.87. The molecule has 1 N–H and O–H groups in total. The van der Waals surface area contributed by atoms with Crippen LogP contribution in [0, 0.1) is 0 Å². The zero-order valence-electron chi connectivity index (χ0n) is 15.2. The predicted octanol–water partition coefficient (Wildman–Crippen LogP) is 2.18. The van der Waals surface area contributed by atoms with Crippen molar-refractivity contribution in [2.24, 2.45) is 4.99 Å². The minimum absolute atomic E-state index is 0.0372. The molecule has 0 aromatic carbocycles. The molecule has 4 heterocycles. The number of nitrogens with zero attached hydrogens (tertiary/aromatic N) is 8. The summed E-state index contributed by atoms with van der Waals surface area (Å²) in [5.74, 6) is 0. The number of pyridine rings is 2. The first-order valence-corrected chi connectivity index (χ1v) is 9.79. The molecule has 4 aromatic rings. The normalized spacial score (nSPS) is 11.2. The van der Waals surface area contributed by atoms with Crippen molar-refractivity contribution in [2.45, 2.75) is 18.1 Å². The Morgan fingerprint density at radius 2 is 2.11 bits per heavy atom. The van der Waals surface area contributed by atoms with Gasteiger partial charge in [-0.1, -0.05) is 5.21 Å². The summed E-state index contributed by atoms with van der Waals surface area (Å²) in [5, 5.41) is 22.5. The summed E-state index contributed by atoms with van der Waals surface area (Å²) in [4.78, 5) is 13.3. The van der Waals surface area contributed by atoms with Crippen molar-refractivity contribution in [3.8, 4) is 11.3 Å². The number of aliphatic hydroxyl groups excluding tert-OH is 1. The molecule has 0 aliphatic heterocycles. The van der Waals surface area contributed by atoms with Crippen molar-refractivity contribution in [3.05, 3.63) is 42.4 Å². The Labute approximate surface area is 165 Å². The highest BCUT2D eigenvalue weighted by molar-refractivity contribution is 7.98. The zero-order chi connectivity index (χ0) is 19.5. The molecule has 0 aliphatic carbocycles. The van der Waals surface area contributed by atoms with Crippen LogP contribution in [-0.2, 0) is 13.1 Å². The zero-order valence-corrected chi connectivity index (χ0v) is 16.0. The fourth-order valence-corrected chi connectivity index (χ4v) is 3.38. The minimum atomic E-state index is 0.0372. The molecule has 0 saturated carbocycles. The second-order valence-corrected chi connectivity index (χ2v) is 6.79. The van der Waals surface area contributed by atoms with E-state index in [2.05, 4.69) is 32.1 Å². The van der Waals surface area contributed by atoms with Gasteiger partial charge in [0, 0.05) is 11.8 Å². The summed E-state index contributed by atoms with van der Waals surface area (Å²) >= 11 is 1.52. The maximum atomic E-state index is 9.05.